The lowest BCUT2D eigenvalue weighted by molar-refractivity contribution is 0.162. The third-order valence-corrected chi connectivity index (χ3v) is 4.04. The van der Waals surface area contributed by atoms with Gasteiger partial charge in [-0.1, -0.05) is 12.1 Å². The first kappa shape index (κ1) is 11.9. The molecule has 1 atom stereocenters. The molecule has 20 heavy (non-hydrogen) atoms. The number of nitrogens with one attached hydrogen (secondary N) is 2. The molecule has 1 aromatic heterocycles. The maximum Gasteiger partial charge on any atom is 0.217 e. The molecule has 2 aliphatic rings. The second-order valence-electron chi connectivity index (χ2n) is 5.43. The van der Waals surface area contributed by atoms with E-state index in [0.29, 0.717) is 5.92 Å². The molecule has 2 aliphatic heterocycles. The highest BCUT2D eigenvalue weighted by molar-refractivity contribution is 5.83. The summed E-state index contributed by atoms with van der Waals surface area (Å²) >= 11 is 0. The smallest absolute Gasteiger partial charge is 0.217 e. The van der Waals surface area contributed by atoms with Gasteiger partial charge in [0.05, 0.1) is 17.1 Å². The van der Waals surface area contributed by atoms with Crippen molar-refractivity contribution in [3.8, 4) is 0 Å². The Bertz CT molecular complexity index is 701. The van der Waals surface area contributed by atoms with E-state index in [9.17, 15) is 0 Å². The van der Waals surface area contributed by atoms with Gasteiger partial charge in [-0.25, -0.2) is 4.99 Å². The van der Waals surface area contributed by atoms with E-state index in [0.717, 1.165) is 35.8 Å². The third-order valence-electron chi connectivity index (χ3n) is 4.04. The van der Waals surface area contributed by atoms with E-state index >= 15 is 0 Å². The predicted molar refractivity (Wildman–Crippen MR) is 76.2 cm³/mol. The first-order valence-electron chi connectivity index (χ1n) is 6.86. The minimum atomic E-state index is -0.120. The lowest BCUT2D eigenvalue weighted by Crippen LogP contribution is -2.47. The van der Waals surface area contributed by atoms with E-state index in [-0.39, 0.29) is 6.17 Å². The Morgan fingerprint density at radius 3 is 2.95 bits per heavy atom. The molecule has 6 nitrogen and oxygen atoms in total. The van der Waals surface area contributed by atoms with Crippen LogP contribution >= 0.6 is 0 Å². The van der Waals surface area contributed by atoms with Crippen molar-refractivity contribution < 1.29 is 4.84 Å². The average molecular weight is 271 g/mol. The van der Waals surface area contributed by atoms with Crippen LogP contribution in [0.1, 0.15) is 17.4 Å². The normalized spacial score (nSPS) is 22.7. The Kier molecular flexibility index (Phi) is 2.55. The molecule has 0 radical (unpaired) electrons. The van der Waals surface area contributed by atoms with Gasteiger partial charge in [-0.2, -0.15) is 5.10 Å². The summed E-state index contributed by atoms with van der Waals surface area (Å²) in [5.41, 5.74) is 6.27. The SMILES string of the molecule is Cc1nn(C)c2cc(C3N=C(C4CNC4)ON3)ccc12. The van der Waals surface area contributed by atoms with Crippen LogP contribution in [0.5, 0.6) is 0 Å². The van der Waals surface area contributed by atoms with Crippen molar-refractivity contribution in [3.05, 3.63) is 29.5 Å². The fraction of sp³-hybridized carbons (Fsp3) is 0.429. The number of aromatic nitrogens is 2. The Labute approximate surface area is 116 Å². The first-order chi connectivity index (χ1) is 9.72. The zero-order chi connectivity index (χ0) is 13.7. The molecule has 2 N–H and O–H groups in total. The van der Waals surface area contributed by atoms with Crippen LogP contribution in [0.4, 0.5) is 0 Å². The monoisotopic (exact) mass is 271 g/mol. The molecule has 1 unspecified atom stereocenters. The summed E-state index contributed by atoms with van der Waals surface area (Å²) in [6.07, 6.45) is -0.120. The van der Waals surface area contributed by atoms with Crippen LogP contribution < -0.4 is 10.8 Å². The van der Waals surface area contributed by atoms with E-state index in [1.165, 1.54) is 5.39 Å². The Morgan fingerprint density at radius 1 is 1.35 bits per heavy atom. The zero-order valence-electron chi connectivity index (χ0n) is 11.6. The third kappa shape index (κ3) is 1.72. The van der Waals surface area contributed by atoms with Crippen molar-refractivity contribution in [1.82, 2.24) is 20.6 Å². The molecule has 4 rings (SSSR count). The van der Waals surface area contributed by atoms with Crippen molar-refractivity contribution >= 4 is 16.8 Å². The van der Waals surface area contributed by atoms with Crippen LogP contribution in [0, 0.1) is 12.8 Å². The number of benzene rings is 1. The summed E-state index contributed by atoms with van der Waals surface area (Å²) in [5, 5.41) is 8.85. The first-order valence-corrected chi connectivity index (χ1v) is 6.86. The molecule has 0 amide bonds. The van der Waals surface area contributed by atoms with Gasteiger partial charge in [-0.05, 0) is 18.6 Å². The van der Waals surface area contributed by atoms with Gasteiger partial charge in [0.15, 0.2) is 6.17 Å². The highest BCUT2D eigenvalue weighted by Crippen LogP contribution is 2.26. The standard InChI is InChI=1S/C14H17N5O/c1-8-11-4-3-9(5-12(11)19(2)17-8)13-16-14(20-18-13)10-6-15-7-10/h3-5,10,13,15,18H,6-7H2,1-2H3. The number of hydrogen-bond acceptors (Lipinski definition) is 5. The van der Waals surface area contributed by atoms with Crippen molar-refractivity contribution in [1.29, 1.82) is 0 Å². The van der Waals surface area contributed by atoms with Gasteiger partial charge in [0.25, 0.3) is 0 Å². The molecule has 0 saturated carbocycles. The highest BCUT2D eigenvalue weighted by atomic mass is 16.7. The molecule has 1 fully saturated rings. The summed E-state index contributed by atoms with van der Waals surface area (Å²) in [5.74, 6) is 1.23. The van der Waals surface area contributed by atoms with Crippen molar-refractivity contribution in [3.63, 3.8) is 0 Å². The van der Waals surface area contributed by atoms with Gasteiger partial charge < -0.3 is 10.2 Å². The molecule has 0 spiro atoms. The lowest BCUT2D eigenvalue weighted by atomic mass is 10.0. The van der Waals surface area contributed by atoms with Gasteiger partial charge in [0.1, 0.15) is 0 Å². The summed E-state index contributed by atoms with van der Waals surface area (Å²) in [6.45, 7) is 3.93. The molecule has 1 saturated heterocycles. The summed E-state index contributed by atoms with van der Waals surface area (Å²) in [4.78, 5) is 10.1. The maximum atomic E-state index is 5.51. The van der Waals surface area contributed by atoms with Gasteiger partial charge in [0, 0.05) is 25.5 Å². The minimum absolute atomic E-state index is 0.120. The second kappa shape index (κ2) is 4.29. The van der Waals surface area contributed by atoms with E-state index in [2.05, 4.69) is 39.1 Å². The molecule has 0 bridgehead atoms. The van der Waals surface area contributed by atoms with Crippen LogP contribution in [-0.4, -0.2) is 28.8 Å². The molecule has 0 aliphatic carbocycles. The number of fused-ring (bicyclic) bond motifs is 1. The van der Waals surface area contributed by atoms with Crippen LogP contribution in [-0.2, 0) is 11.9 Å². The Balaban J connectivity index is 1.68. The Morgan fingerprint density at radius 2 is 2.20 bits per heavy atom. The van der Waals surface area contributed by atoms with Crippen molar-refractivity contribution in [2.45, 2.75) is 13.1 Å². The summed E-state index contributed by atoms with van der Waals surface area (Å²) in [6, 6.07) is 6.32. The van der Waals surface area contributed by atoms with Gasteiger partial charge in [-0.15, -0.1) is 5.48 Å². The fourth-order valence-electron chi connectivity index (χ4n) is 2.72. The van der Waals surface area contributed by atoms with Crippen LogP contribution in [0.25, 0.3) is 10.9 Å². The van der Waals surface area contributed by atoms with Crippen LogP contribution in [0.2, 0.25) is 0 Å². The van der Waals surface area contributed by atoms with E-state index in [1.54, 1.807) is 0 Å². The molecule has 6 heteroatoms. The van der Waals surface area contributed by atoms with E-state index < -0.39 is 0 Å². The van der Waals surface area contributed by atoms with Gasteiger partial charge in [-0.3, -0.25) is 4.68 Å². The number of hydroxylamine groups is 1. The van der Waals surface area contributed by atoms with E-state index in [1.807, 2.05) is 18.7 Å². The Hall–Kier alpha value is -1.92. The minimum Gasteiger partial charge on any atom is -0.391 e. The van der Waals surface area contributed by atoms with Gasteiger partial charge in [0.2, 0.25) is 5.90 Å². The number of aryl methyl sites for hydroxylation is 2. The molecular weight excluding hydrogens is 254 g/mol. The second-order valence-corrected chi connectivity index (χ2v) is 5.43. The molecule has 1 aromatic carbocycles. The van der Waals surface area contributed by atoms with E-state index in [4.69, 9.17) is 4.84 Å². The molecule has 3 heterocycles. The molecular formula is C14H17N5O. The van der Waals surface area contributed by atoms with Crippen LogP contribution in [0.3, 0.4) is 0 Å². The summed E-state index contributed by atoms with van der Waals surface area (Å²) in [7, 11) is 1.96. The quantitative estimate of drug-likeness (QED) is 0.856. The van der Waals surface area contributed by atoms with Gasteiger partial charge >= 0.3 is 0 Å². The predicted octanol–water partition coefficient (Wildman–Crippen LogP) is 1.03. The number of aliphatic imine (C=N–C) groups is 1. The number of rotatable bonds is 2. The summed E-state index contributed by atoms with van der Waals surface area (Å²) < 4.78 is 1.91. The van der Waals surface area contributed by atoms with Crippen LogP contribution in [0.15, 0.2) is 23.2 Å². The lowest BCUT2D eigenvalue weighted by Gasteiger charge is -2.25. The highest BCUT2D eigenvalue weighted by Gasteiger charge is 2.30. The maximum absolute atomic E-state index is 5.51. The zero-order valence-corrected chi connectivity index (χ0v) is 11.6. The molecule has 2 aromatic rings. The number of nitrogens with zero attached hydrogens (tertiary/aromatic N) is 3. The average Bonchev–Trinajstić information content (AvgIpc) is 2.94. The number of hydrogen-bond donors (Lipinski definition) is 2. The molecule has 104 valence electrons. The topological polar surface area (TPSA) is 63.5 Å². The van der Waals surface area contributed by atoms with Crippen molar-refractivity contribution in [2.24, 2.45) is 18.0 Å². The fourth-order valence-corrected chi connectivity index (χ4v) is 2.72. The van der Waals surface area contributed by atoms with Crippen molar-refractivity contribution in [2.75, 3.05) is 13.1 Å². The largest absolute Gasteiger partial charge is 0.391 e.